The molecule has 0 unspecified atom stereocenters. The minimum absolute atomic E-state index is 0.312. The molecular formula is C21H27N3O. The van der Waals surface area contributed by atoms with Gasteiger partial charge in [-0.25, -0.2) is 0 Å². The molecule has 1 amide bonds. The Morgan fingerprint density at radius 1 is 0.800 bits per heavy atom. The van der Waals surface area contributed by atoms with E-state index in [4.69, 9.17) is 0 Å². The zero-order chi connectivity index (χ0) is 17.1. The Morgan fingerprint density at radius 2 is 1.52 bits per heavy atom. The van der Waals surface area contributed by atoms with Crippen molar-refractivity contribution < 1.29 is 4.79 Å². The molecule has 2 aromatic carbocycles. The molecule has 0 aromatic heterocycles. The van der Waals surface area contributed by atoms with E-state index < -0.39 is 0 Å². The van der Waals surface area contributed by atoms with Crippen LogP contribution in [-0.4, -0.2) is 66.4 Å². The molecule has 2 heterocycles. The summed E-state index contributed by atoms with van der Waals surface area (Å²) >= 11 is 0. The van der Waals surface area contributed by atoms with Gasteiger partial charge in [-0.1, -0.05) is 42.5 Å². The van der Waals surface area contributed by atoms with E-state index in [1.807, 2.05) is 0 Å². The number of benzene rings is 2. The number of piperazine rings is 1. The van der Waals surface area contributed by atoms with Gasteiger partial charge in [-0.05, 0) is 42.3 Å². The van der Waals surface area contributed by atoms with Crippen LogP contribution >= 0.6 is 0 Å². The summed E-state index contributed by atoms with van der Waals surface area (Å²) in [6.07, 6.45) is 2.48. The first-order valence-electron chi connectivity index (χ1n) is 9.49. The minimum atomic E-state index is 0.312. The normalized spacial score (nSPS) is 19.6. The molecular weight excluding hydrogens is 310 g/mol. The molecule has 0 aliphatic carbocycles. The van der Waals surface area contributed by atoms with E-state index in [1.165, 1.54) is 29.2 Å². The van der Waals surface area contributed by atoms with Crippen LogP contribution in [0, 0.1) is 0 Å². The summed E-state index contributed by atoms with van der Waals surface area (Å²) in [5.41, 5.74) is 1.38. The maximum Gasteiger partial charge on any atom is 0.236 e. The van der Waals surface area contributed by atoms with Crippen molar-refractivity contribution in [3.8, 4) is 0 Å². The van der Waals surface area contributed by atoms with Crippen molar-refractivity contribution in [2.24, 2.45) is 0 Å². The number of carbonyl (C=O) groups excluding carboxylic acids is 1. The number of hydrogen-bond acceptors (Lipinski definition) is 3. The second-order valence-corrected chi connectivity index (χ2v) is 7.28. The maximum atomic E-state index is 12.5. The summed E-state index contributed by atoms with van der Waals surface area (Å²) < 4.78 is 0. The van der Waals surface area contributed by atoms with Gasteiger partial charge in [0, 0.05) is 32.7 Å². The number of likely N-dealkylation sites (tertiary alicyclic amines) is 1. The van der Waals surface area contributed by atoms with Crippen molar-refractivity contribution in [2.45, 2.75) is 19.4 Å². The molecule has 4 nitrogen and oxygen atoms in total. The lowest BCUT2D eigenvalue weighted by atomic mass is 10.0. The van der Waals surface area contributed by atoms with Gasteiger partial charge in [-0.15, -0.1) is 0 Å². The van der Waals surface area contributed by atoms with Crippen LogP contribution in [0.3, 0.4) is 0 Å². The predicted octanol–water partition coefficient (Wildman–Crippen LogP) is 2.58. The number of hydrogen-bond donors (Lipinski definition) is 0. The van der Waals surface area contributed by atoms with Crippen LogP contribution in [0.2, 0.25) is 0 Å². The van der Waals surface area contributed by atoms with Gasteiger partial charge in [0.2, 0.25) is 5.91 Å². The standard InChI is InChI=1S/C21H27N3O/c25-21(17-22-10-3-4-11-22)24-14-12-23(13-15-24)16-19-8-5-7-18-6-1-2-9-20(18)19/h1-2,5-9H,3-4,10-17H2. The lowest BCUT2D eigenvalue weighted by Crippen LogP contribution is -2.50. The molecule has 25 heavy (non-hydrogen) atoms. The number of fused-ring (bicyclic) bond motifs is 1. The van der Waals surface area contributed by atoms with Crippen LogP contribution in [0.15, 0.2) is 42.5 Å². The van der Waals surface area contributed by atoms with Crippen molar-refractivity contribution >= 4 is 16.7 Å². The summed E-state index contributed by atoms with van der Waals surface area (Å²) in [6.45, 7) is 7.41. The zero-order valence-corrected chi connectivity index (χ0v) is 14.9. The van der Waals surface area contributed by atoms with E-state index in [1.54, 1.807) is 0 Å². The summed E-state index contributed by atoms with van der Waals surface area (Å²) in [4.78, 5) is 19.3. The number of rotatable bonds is 4. The zero-order valence-electron chi connectivity index (χ0n) is 14.9. The predicted molar refractivity (Wildman–Crippen MR) is 101 cm³/mol. The lowest BCUT2D eigenvalue weighted by Gasteiger charge is -2.35. The molecule has 132 valence electrons. The fourth-order valence-electron chi connectivity index (χ4n) is 4.06. The summed E-state index contributed by atoms with van der Waals surface area (Å²) in [6, 6.07) is 15.1. The topological polar surface area (TPSA) is 26.8 Å². The van der Waals surface area contributed by atoms with Crippen LogP contribution in [0.1, 0.15) is 18.4 Å². The van der Waals surface area contributed by atoms with Crippen LogP contribution < -0.4 is 0 Å². The van der Waals surface area contributed by atoms with E-state index in [0.29, 0.717) is 12.5 Å². The van der Waals surface area contributed by atoms with Crippen LogP contribution in [-0.2, 0) is 11.3 Å². The monoisotopic (exact) mass is 337 g/mol. The van der Waals surface area contributed by atoms with E-state index in [2.05, 4.69) is 57.2 Å². The second kappa shape index (κ2) is 7.54. The Hall–Kier alpha value is -1.91. The number of carbonyl (C=O) groups is 1. The second-order valence-electron chi connectivity index (χ2n) is 7.28. The van der Waals surface area contributed by atoms with E-state index in [0.717, 1.165) is 45.8 Å². The van der Waals surface area contributed by atoms with Gasteiger partial charge in [0.25, 0.3) is 0 Å². The fraction of sp³-hybridized carbons (Fsp3) is 0.476. The third kappa shape index (κ3) is 3.86. The van der Waals surface area contributed by atoms with Gasteiger partial charge in [-0.3, -0.25) is 14.6 Å². The molecule has 2 fully saturated rings. The molecule has 0 saturated carbocycles. The van der Waals surface area contributed by atoms with Crippen LogP contribution in [0.25, 0.3) is 10.8 Å². The van der Waals surface area contributed by atoms with Gasteiger partial charge in [-0.2, -0.15) is 0 Å². The molecule has 2 saturated heterocycles. The average molecular weight is 337 g/mol. The molecule has 4 heteroatoms. The fourth-order valence-corrected chi connectivity index (χ4v) is 4.06. The van der Waals surface area contributed by atoms with Gasteiger partial charge in [0.05, 0.1) is 6.54 Å². The van der Waals surface area contributed by atoms with Crippen LogP contribution in [0.5, 0.6) is 0 Å². The quantitative estimate of drug-likeness (QED) is 0.858. The minimum Gasteiger partial charge on any atom is -0.339 e. The molecule has 2 aliphatic heterocycles. The largest absolute Gasteiger partial charge is 0.339 e. The van der Waals surface area contributed by atoms with Crippen molar-refractivity contribution in [3.63, 3.8) is 0 Å². The SMILES string of the molecule is O=C(CN1CCCC1)N1CCN(Cc2cccc3ccccc23)CC1. The highest BCUT2D eigenvalue weighted by Gasteiger charge is 2.24. The third-order valence-electron chi connectivity index (χ3n) is 5.56. The Morgan fingerprint density at radius 3 is 2.32 bits per heavy atom. The number of amides is 1. The van der Waals surface area contributed by atoms with Crippen LogP contribution in [0.4, 0.5) is 0 Å². The van der Waals surface area contributed by atoms with E-state index in [-0.39, 0.29) is 0 Å². The highest BCUT2D eigenvalue weighted by Crippen LogP contribution is 2.20. The lowest BCUT2D eigenvalue weighted by molar-refractivity contribution is -0.134. The van der Waals surface area contributed by atoms with Crippen molar-refractivity contribution in [3.05, 3.63) is 48.0 Å². The summed E-state index contributed by atoms with van der Waals surface area (Å²) in [5, 5.41) is 2.65. The summed E-state index contributed by atoms with van der Waals surface area (Å²) in [7, 11) is 0. The Balaban J connectivity index is 1.33. The van der Waals surface area contributed by atoms with E-state index >= 15 is 0 Å². The Bertz CT molecular complexity index is 726. The molecule has 0 N–H and O–H groups in total. The number of nitrogens with zero attached hydrogens (tertiary/aromatic N) is 3. The van der Waals surface area contributed by atoms with Crippen molar-refractivity contribution in [1.82, 2.24) is 14.7 Å². The Labute approximate surface area is 150 Å². The first-order valence-corrected chi connectivity index (χ1v) is 9.49. The van der Waals surface area contributed by atoms with Crippen molar-refractivity contribution in [1.29, 1.82) is 0 Å². The molecule has 0 atom stereocenters. The summed E-state index contributed by atoms with van der Waals surface area (Å²) in [5.74, 6) is 0.312. The maximum absolute atomic E-state index is 12.5. The van der Waals surface area contributed by atoms with Gasteiger partial charge >= 0.3 is 0 Å². The first kappa shape index (κ1) is 16.6. The molecule has 0 bridgehead atoms. The Kier molecular flexibility index (Phi) is 4.99. The molecule has 2 aliphatic rings. The van der Waals surface area contributed by atoms with Gasteiger partial charge in [0.1, 0.15) is 0 Å². The van der Waals surface area contributed by atoms with Gasteiger partial charge in [0.15, 0.2) is 0 Å². The molecule has 2 aromatic rings. The average Bonchev–Trinajstić information content (AvgIpc) is 3.16. The first-order chi connectivity index (χ1) is 12.3. The van der Waals surface area contributed by atoms with Crippen molar-refractivity contribution in [2.75, 3.05) is 45.8 Å². The molecule has 0 radical (unpaired) electrons. The van der Waals surface area contributed by atoms with Gasteiger partial charge < -0.3 is 4.90 Å². The smallest absolute Gasteiger partial charge is 0.236 e. The highest BCUT2D eigenvalue weighted by atomic mass is 16.2. The highest BCUT2D eigenvalue weighted by molar-refractivity contribution is 5.85. The molecule has 0 spiro atoms. The third-order valence-corrected chi connectivity index (χ3v) is 5.56. The van der Waals surface area contributed by atoms with E-state index in [9.17, 15) is 4.79 Å². The molecule has 4 rings (SSSR count).